The Morgan fingerprint density at radius 1 is 1.56 bits per heavy atom. The number of terminal acetylenes is 1. The number of hydrogen-bond acceptors (Lipinski definition) is 3. The van der Waals surface area contributed by atoms with Gasteiger partial charge in [-0.05, 0) is 13.0 Å². The summed E-state index contributed by atoms with van der Waals surface area (Å²) in [4.78, 5) is 34.9. The van der Waals surface area contributed by atoms with Gasteiger partial charge in [0.2, 0.25) is 5.91 Å². The molecule has 1 heterocycles. The average molecular weight is 247 g/mol. The van der Waals surface area contributed by atoms with E-state index in [1.54, 1.807) is 6.92 Å². The largest absolute Gasteiger partial charge is 0.331 e. The molecule has 0 atom stereocenters. The first-order valence-electron chi connectivity index (χ1n) is 5.11. The minimum absolute atomic E-state index is 0.0236. The van der Waals surface area contributed by atoms with Crippen molar-refractivity contribution in [1.82, 2.24) is 9.13 Å². The van der Waals surface area contributed by atoms with Crippen molar-refractivity contribution in [3.63, 3.8) is 0 Å². The lowest BCUT2D eigenvalue weighted by atomic mass is 10.3. The van der Waals surface area contributed by atoms with Crippen LogP contribution in [0, 0.1) is 19.3 Å². The first kappa shape index (κ1) is 13.5. The molecule has 1 aromatic heterocycles. The van der Waals surface area contributed by atoms with Gasteiger partial charge in [0, 0.05) is 12.7 Å². The SMILES string of the molecule is C#CCn1c(C)c(NC(=O)C=C)c(=O)n(C)c1=O. The molecule has 0 aliphatic heterocycles. The molecule has 0 spiro atoms. The maximum atomic E-state index is 11.9. The number of anilines is 1. The molecule has 0 fully saturated rings. The third-order valence-corrected chi connectivity index (χ3v) is 2.49. The van der Waals surface area contributed by atoms with E-state index in [-0.39, 0.29) is 12.2 Å². The molecule has 1 rings (SSSR count). The van der Waals surface area contributed by atoms with Crippen LogP contribution in [-0.4, -0.2) is 15.0 Å². The van der Waals surface area contributed by atoms with E-state index in [0.29, 0.717) is 5.69 Å². The van der Waals surface area contributed by atoms with Gasteiger partial charge in [-0.25, -0.2) is 4.79 Å². The summed E-state index contributed by atoms with van der Waals surface area (Å²) in [5, 5.41) is 2.38. The van der Waals surface area contributed by atoms with Gasteiger partial charge in [0.15, 0.2) is 0 Å². The van der Waals surface area contributed by atoms with Crippen molar-refractivity contribution in [2.45, 2.75) is 13.5 Å². The highest BCUT2D eigenvalue weighted by molar-refractivity contribution is 5.99. The topological polar surface area (TPSA) is 73.1 Å². The van der Waals surface area contributed by atoms with Crippen LogP contribution in [0.5, 0.6) is 0 Å². The van der Waals surface area contributed by atoms with Gasteiger partial charge in [0.05, 0.1) is 6.54 Å². The van der Waals surface area contributed by atoms with E-state index in [9.17, 15) is 14.4 Å². The summed E-state index contributed by atoms with van der Waals surface area (Å²) in [5.74, 6) is 1.79. The molecule has 0 unspecified atom stereocenters. The molecule has 6 nitrogen and oxygen atoms in total. The van der Waals surface area contributed by atoms with Gasteiger partial charge < -0.3 is 5.32 Å². The molecule has 0 bridgehead atoms. The Kier molecular flexibility index (Phi) is 3.89. The van der Waals surface area contributed by atoms with Crippen LogP contribution < -0.4 is 16.6 Å². The molecule has 0 saturated carbocycles. The Balaban J connectivity index is 3.58. The second-order valence-corrected chi connectivity index (χ2v) is 3.59. The molecular weight excluding hydrogens is 234 g/mol. The Bertz CT molecular complexity index is 659. The molecule has 1 amide bonds. The van der Waals surface area contributed by atoms with Gasteiger partial charge in [-0.3, -0.25) is 18.7 Å². The maximum absolute atomic E-state index is 11.9. The fourth-order valence-corrected chi connectivity index (χ4v) is 1.46. The van der Waals surface area contributed by atoms with Crippen molar-refractivity contribution >= 4 is 11.6 Å². The molecule has 0 aliphatic rings. The second-order valence-electron chi connectivity index (χ2n) is 3.59. The molecule has 94 valence electrons. The van der Waals surface area contributed by atoms with E-state index in [4.69, 9.17) is 6.42 Å². The van der Waals surface area contributed by atoms with Gasteiger partial charge in [0.25, 0.3) is 5.56 Å². The molecular formula is C12H13N3O3. The Morgan fingerprint density at radius 3 is 2.67 bits per heavy atom. The van der Waals surface area contributed by atoms with Crippen molar-refractivity contribution in [2.24, 2.45) is 7.05 Å². The Labute approximate surface area is 104 Å². The minimum atomic E-state index is -0.582. The zero-order valence-electron chi connectivity index (χ0n) is 10.2. The second kappa shape index (κ2) is 5.19. The average Bonchev–Trinajstić information content (AvgIpc) is 2.37. The number of nitrogens with zero attached hydrogens (tertiary/aromatic N) is 2. The predicted octanol–water partition coefficient (Wildman–Crippen LogP) is -0.387. The van der Waals surface area contributed by atoms with Gasteiger partial charge in [-0.2, -0.15) is 0 Å². The van der Waals surface area contributed by atoms with Crippen molar-refractivity contribution in [2.75, 3.05) is 5.32 Å². The monoisotopic (exact) mass is 247 g/mol. The number of hydrogen-bond donors (Lipinski definition) is 1. The van der Waals surface area contributed by atoms with Crippen molar-refractivity contribution in [3.8, 4) is 12.3 Å². The highest BCUT2D eigenvalue weighted by Gasteiger charge is 2.14. The van der Waals surface area contributed by atoms with E-state index in [1.165, 1.54) is 11.6 Å². The first-order valence-corrected chi connectivity index (χ1v) is 5.11. The molecule has 0 saturated heterocycles. The van der Waals surface area contributed by atoms with Crippen LogP contribution in [0.3, 0.4) is 0 Å². The Hall–Kier alpha value is -2.55. The van der Waals surface area contributed by atoms with E-state index in [0.717, 1.165) is 10.6 Å². The number of amides is 1. The van der Waals surface area contributed by atoms with E-state index < -0.39 is 17.2 Å². The van der Waals surface area contributed by atoms with Gasteiger partial charge >= 0.3 is 5.69 Å². The van der Waals surface area contributed by atoms with Crippen LogP contribution in [-0.2, 0) is 18.4 Å². The zero-order valence-corrected chi connectivity index (χ0v) is 10.2. The van der Waals surface area contributed by atoms with Crippen LogP contribution in [0.1, 0.15) is 5.69 Å². The van der Waals surface area contributed by atoms with Crippen LogP contribution in [0.2, 0.25) is 0 Å². The molecule has 0 aromatic carbocycles. The predicted molar refractivity (Wildman–Crippen MR) is 68.3 cm³/mol. The highest BCUT2D eigenvalue weighted by Crippen LogP contribution is 2.06. The summed E-state index contributed by atoms with van der Waals surface area (Å²) < 4.78 is 2.13. The number of carbonyl (C=O) groups excluding carboxylic acids is 1. The quantitative estimate of drug-likeness (QED) is 0.584. The van der Waals surface area contributed by atoms with E-state index in [2.05, 4.69) is 17.8 Å². The first-order chi connectivity index (χ1) is 8.43. The third kappa shape index (κ3) is 2.25. The van der Waals surface area contributed by atoms with Crippen molar-refractivity contribution in [1.29, 1.82) is 0 Å². The molecule has 1 N–H and O–H groups in total. The van der Waals surface area contributed by atoms with E-state index >= 15 is 0 Å². The third-order valence-electron chi connectivity index (χ3n) is 2.49. The van der Waals surface area contributed by atoms with Crippen LogP contribution in [0.4, 0.5) is 5.69 Å². The standard InChI is InChI=1S/C12H13N3O3/c1-5-7-15-8(3)10(13-9(16)6-2)11(17)14(4)12(15)18/h1,6H,2,7H2,3-4H3,(H,13,16). The van der Waals surface area contributed by atoms with Crippen LogP contribution in [0.15, 0.2) is 22.2 Å². The van der Waals surface area contributed by atoms with E-state index in [1.807, 2.05) is 0 Å². The summed E-state index contributed by atoms with van der Waals surface area (Å²) in [6.45, 7) is 4.86. The van der Waals surface area contributed by atoms with Gasteiger partial charge in [0.1, 0.15) is 5.69 Å². The smallest absolute Gasteiger partial charge is 0.316 e. The van der Waals surface area contributed by atoms with Crippen LogP contribution in [0.25, 0.3) is 0 Å². The molecule has 6 heteroatoms. The Morgan fingerprint density at radius 2 is 2.17 bits per heavy atom. The number of aromatic nitrogens is 2. The van der Waals surface area contributed by atoms with Crippen molar-refractivity contribution < 1.29 is 4.79 Å². The maximum Gasteiger partial charge on any atom is 0.331 e. The van der Waals surface area contributed by atoms with Crippen molar-refractivity contribution in [3.05, 3.63) is 39.2 Å². The highest BCUT2D eigenvalue weighted by atomic mass is 16.2. The number of carbonyl (C=O) groups is 1. The van der Waals surface area contributed by atoms with Gasteiger partial charge in [-0.1, -0.05) is 12.5 Å². The molecule has 0 radical (unpaired) electrons. The molecule has 1 aromatic rings. The summed E-state index contributed by atoms with van der Waals surface area (Å²) in [5.41, 5.74) is -0.762. The lowest BCUT2D eigenvalue weighted by Crippen LogP contribution is -2.41. The van der Waals surface area contributed by atoms with Crippen LogP contribution >= 0.6 is 0 Å². The summed E-state index contributed by atoms with van der Waals surface area (Å²) in [7, 11) is 1.32. The van der Waals surface area contributed by atoms with Gasteiger partial charge in [-0.15, -0.1) is 6.42 Å². The summed E-state index contributed by atoms with van der Waals surface area (Å²) in [6.07, 6.45) is 6.20. The fourth-order valence-electron chi connectivity index (χ4n) is 1.46. The molecule has 18 heavy (non-hydrogen) atoms. The molecule has 0 aliphatic carbocycles. The minimum Gasteiger partial charge on any atom is -0.316 e. The number of rotatable bonds is 3. The lowest BCUT2D eigenvalue weighted by molar-refractivity contribution is -0.111. The normalized spacial score (nSPS) is 9.61. The zero-order chi connectivity index (χ0) is 13.9. The lowest BCUT2D eigenvalue weighted by Gasteiger charge is -2.13. The fraction of sp³-hybridized carbons (Fsp3) is 0.250. The number of nitrogens with one attached hydrogen (secondary N) is 1. The summed E-state index contributed by atoms with van der Waals surface area (Å²) in [6, 6.07) is 0. The summed E-state index contributed by atoms with van der Waals surface area (Å²) >= 11 is 0.